The summed E-state index contributed by atoms with van der Waals surface area (Å²) in [7, 11) is 0. The molecule has 7 heteroatoms. The van der Waals surface area contributed by atoms with Gasteiger partial charge in [0.15, 0.2) is 0 Å². The summed E-state index contributed by atoms with van der Waals surface area (Å²) in [6.07, 6.45) is 0. The predicted octanol–water partition coefficient (Wildman–Crippen LogP) is 0.0443. The van der Waals surface area contributed by atoms with Gasteiger partial charge in [0.05, 0.1) is 18.0 Å². The van der Waals surface area contributed by atoms with E-state index in [4.69, 9.17) is 21.1 Å². The van der Waals surface area contributed by atoms with Crippen LogP contribution in [0.2, 0.25) is 0 Å². The normalized spacial score (nSPS) is 18.8. The van der Waals surface area contributed by atoms with Gasteiger partial charge in [0, 0.05) is 0 Å². The fourth-order valence-corrected chi connectivity index (χ4v) is 1.24. The van der Waals surface area contributed by atoms with Crippen LogP contribution >= 0.6 is 0 Å². The second-order valence-corrected chi connectivity index (χ2v) is 3.00. The summed E-state index contributed by atoms with van der Waals surface area (Å²) >= 11 is 0. The summed E-state index contributed by atoms with van der Waals surface area (Å²) in [6.45, 7) is 3.39. The van der Waals surface area contributed by atoms with Gasteiger partial charge in [-0.25, -0.2) is 9.79 Å². The number of aliphatic imine (C=N–C) groups is 1. The number of oxime groups is 1. The fourth-order valence-electron chi connectivity index (χ4n) is 1.24. The number of amidine groups is 1. The molecule has 0 saturated carbocycles. The molecule has 1 heterocycles. The number of ether oxygens (including phenoxy) is 1. The number of nitrogens with two attached hydrogens (primary N) is 1. The van der Waals surface area contributed by atoms with Crippen LogP contribution in [-0.4, -0.2) is 35.0 Å². The van der Waals surface area contributed by atoms with Gasteiger partial charge in [0.25, 0.3) is 0 Å². The first-order chi connectivity index (χ1) is 7.52. The van der Waals surface area contributed by atoms with Crippen molar-refractivity contribution in [1.82, 2.24) is 0 Å². The summed E-state index contributed by atoms with van der Waals surface area (Å²) in [5.74, 6) is -0.856. The zero-order valence-corrected chi connectivity index (χ0v) is 8.94. The molecular formula is C9H12N4O3. The molecule has 0 atom stereocenters. The average Bonchev–Trinajstić information content (AvgIpc) is 2.24. The minimum atomic E-state index is -0.636. The lowest BCUT2D eigenvalue weighted by Crippen LogP contribution is -2.32. The zero-order chi connectivity index (χ0) is 12.3. The van der Waals surface area contributed by atoms with Crippen LogP contribution in [0, 0.1) is 5.41 Å². The van der Waals surface area contributed by atoms with Crippen molar-refractivity contribution in [2.45, 2.75) is 13.8 Å². The zero-order valence-electron chi connectivity index (χ0n) is 8.94. The molecule has 1 aliphatic heterocycles. The van der Waals surface area contributed by atoms with E-state index < -0.39 is 5.97 Å². The van der Waals surface area contributed by atoms with Crippen LogP contribution in [0.15, 0.2) is 21.4 Å². The molecule has 7 nitrogen and oxygen atoms in total. The summed E-state index contributed by atoms with van der Waals surface area (Å²) < 4.78 is 4.78. The Kier molecular flexibility index (Phi) is 3.39. The molecule has 0 spiro atoms. The van der Waals surface area contributed by atoms with Gasteiger partial charge in [0.2, 0.25) is 5.84 Å². The van der Waals surface area contributed by atoms with Crippen molar-refractivity contribution in [3.05, 3.63) is 11.3 Å². The first kappa shape index (κ1) is 11.9. The first-order valence-electron chi connectivity index (χ1n) is 4.56. The van der Waals surface area contributed by atoms with E-state index in [-0.39, 0.29) is 35.1 Å². The fraction of sp³-hybridized carbons (Fsp3) is 0.333. The third-order valence-corrected chi connectivity index (χ3v) is 1.97. The summed E-state index contributed by atoms with van der Waals surface area (Å²) in [4.78, 5) is 15.3. The SMILES string of the molecule is CCOC(=O)C1=C(N)C(=N)/C(=N\O)N=C1C. The van der Waals surface area contributed by atoms with Crippen LogP contribution in [0.3, 0.4) is 0 Å². The van der Waals surface area contributed by atoms with Crippen molar-refractivity contribution in [3.63, 3.8) is 0 Å². The van der Waals surface area contributed by atoms with Crippen molar-refractivity contribution < 1.29 is 14.7 Å². The number of carbonyl (C=O) groups is 1. The molecule has 16 heavy (non-hydrogen) atoms. The maximum Gasteiger partial charge on any atom is 0.342 e. The minimum absolute atomic E-state index is 0.0410. The first-order valence-corrected chi connectivity index (χ1v) is 4.56. The lowest BCUT2D eigenvalue weighted by molar-refractivity contribution is -0.137. The standard InChI is InChI=1S/C9H12N4O3/c1-3-16-9(14)5-4(2)12-8(13-15)7(11)6(5)10/h11,15H,3,10H2,1-2H3/b11-7?,13-8+. The highest BCUT2D eigenvalue weighted by molar-refractivity contribution is 6.52. The van der Waals surface area contributed by atoms with Crippen LogP contribution < -0.4 is 5.73 Å². The quantitative estimate of drug-likeness (QED) is 0.348. The van der Waals surface area contributed by atoms with Crippen molar-refractivity contribution in [3.8, 4) is 0 Å². The Morgan fingerprint density at radius 2 is 2.31 bits per heavy atom. The van der Waals surface area contributed by atoms with E-state index in [1.54, 1.807) is 6.92 Å². The number of nitrogens with one attached hydrogen (secondary N) is 1. The van der Waals surface area contributed by atoms with Crippen molar-refractivity contribution in [2.24, 2.45) is 15.9 Å². The topological polar surface area (TPSA) is 121 Å². The highest BCUT2D eigenvalue weighted by Crippen LogP contribution is 2.13. The highest BCUT2D eigenvalue weighted by atomic mass is 16.5. The Morgan fingerprint density at radius 3 is 2.81 bits per heavy atom. The molecule has 0 aromatic rings. The Bertz CT molecular complexity index is 434. The Morgan fingerprint density at radius 1 is 1.69 bits per heavy atom. The van der Waals surface area contributed by atoms with Gasteiger partial charge < -0.3 is 15.7 Å². The molecule has 86 valence electrons. The summed E-state index contributed by atoms with van der Waals surface area (Å²) in [5, 5.41) is 18.9. The maximum atomic E-state index is 11.5. The molecule has 0 saturated heterocycles. The molecule has 0 unspecified atom stereocenters. The van der Waals surface area contributed by atoms with Crippen LogP contribution in [0.1, 0.15) is 13.8 Å². The van der Waals surface area contributed by atoms with E-state index in [0.717, 1.165) is 0 Å². The number of esters is 1. The molecule has 0 aromatic carbocycles. The third-order valence-electron chi connectivity index (χ3n) is 1.97. The lowest BCUT2D eigenvalue weighted by atomic mass is 10.0. The molecule has 0 aliphatic carbocycles. The van der Waals surface area contributed by atoms with Gasteiger partial charge in [-0.15, -0.1) is 0 Å². The van der Waals surface area contributed by atoms with Gasteiger partial charge >= 0.3 is 5.97 Å². The number of nitrogens with zero attached hydrogens (tertiary/aromatic N) is 2. The van der Waals surface area contributed by atoms with E-state index in [2.05, 4.69) is 10.1 Å². The Balaban J connectivity index is 3.19. The molecular weight excluding hydrogens is 212 g/mol. The third kappa shape index (κ3) is 1.92. The van der Waals surface area contributed by atoms with Gasteiger partial charge in [-0.3, -0.25) is 5.41 Å². The second-order valence-electron chi connectivity index (χ2n) is 3.00. The number of hydrogen-bond donors (Lipinski definition) is 3. The summed E-state index contributed by atoms with van der Waals surface area (Å²) in [5.41, 5.74) is 5.50. The number of carbonyl (C=O) groups excluding carboxylic acids is 1. The van der Waals surface area contributed by atoms with Gasteiger partial charge in [-0.05, 0) is 13.8 Å². The maximum absolute atomic E-state index is 11.5. The molecule has 0 aromatic heterocycles. The Labute approximate surface area is 91.8 Å². The monoisotopic (exact) mass is 224 g/mol. The largest absolute Gasteiger partial charge is 0.462 e. The number of dihydropyridines is 1. The second kappa shape index (κ2) is 4.56. The van der Waals surface area contributed by atoms with Crippen molar-refractivity contribution in [1.29, 1.82) is 5.41 Å². The molecule has 1 aliphatic rings. The smallest absolute Gasteiger partial charge is 0.342 e. The molecule has 4 N–H and O–H groups in total. The van der Waals surface area contributed by atoms with Gasteiger partial charge in [-0.1, -0.05) is 5.16 Å². The minimum Gasteiger partial charge on any atom is -0.462 e. The van der Waals surface area contributed by atoms with Crippen LogP contribution in [-0.2, 0) is 9.53 Å². The van der Waals surface area contributed by atoms with Crippen molar-refractivity contribution in [2.75, 3.05) is 6.61 Å². The van der Waals surface area contributed by atoms with E-state index in [0.29, 0.717) is 0 Å². The molecule has 1 rings (SSSR count). The number of rotatable bonds is 2. The van der Waals surface area contributed by atoms with Crippen LogP contribution in [0.4, 0.5) is 0 Å². The van der Waals surface area contributed by atoms with Gasteiger partial charge in [-0.2, -0.15) is 0 Å². The molecule has 0 radical (unpaired) electrons. The van der Waals surface area contributed by atoms with E-state index in [1.807, 2.05) is 0 Å². The van der Waals surface area contributed by atoms with Gasteiger partial charge in [0.1, 0.15) is 11.3 Å². The molecule has 0 amide bonds. The predicted molar refractivity (Wildman–Crippen MR) is 57.9 cm³/mol. The van der Waals surface area contributed by atoms with Crippen molar-refractivity contribution >= 4 is 23.2 Å². The highest BCUT2D eigenvalue weighted by Gasteiger charge is 2.27. The summed E-state index contributed by atoms with van der Waals surface area (Å²) in [6, 6.07) is 0. The van der Waals surface area contributed by atoms with Crippen LogP contribution in [0.5, 0.6) is 0 Å². The lowest BCUT2D eigenvalue weighted by Gasteiger charge is -2.15. The van der Waals surface area contributed by atoms with Crippen LogP contribution in [0.25, 0.3) is 0 Å². The molecule has 0 bridgehead atoms. The number of hydrogen-bond acceptors (Lipinski definition) is 6. The van der Waals surface area contributed by atoms with E-state index in [1.165, 1.54) is 6.92 Å². The Hall–Kier alpha value is -2.18. The van der Waals surface area contributed by atoms with E-state index >= 15 is 0 Å². The average molecular weight is 224 g/mol. The van der Waals surface area contributed by atoms with E-state index in [9.17, 15) is 4.79 Å². The molecule has 0 fully saturated rings.